The molecule has 0 aliphatic heterocycles. The second-order valence-electron chi connectivity index (χ2n) is 13.3. The van der Waals surface area contributed by atoms with E-state index in [-0.39, 0.29) is 0 Å². The summed E-state index contributed by atoms with van der Waals surface area (Å²) < 4.78 is 4.81. The number of hydrogen-bond donors (Lipinski definition) is 0. The maximum absolute atomic E-state index is 2.41. The van der Waals surface area contributed by atoms with Gasteiger partial charge in [0.2, 0.25) is 0 Å². The van der Waals surface area contributed by atoms with E-state index in [2.05, 4.69) is 191 Å². The Labute approximate surface area is 291 Å². The first-order valence-electron chi connectivity index (χ1n) is 17.5. The van der Waals surface area contributed by atoms with Gasteiger partial charge in [-0.1, -0.05) is 121 Å². The van der Waals surface area contributed by atoms with E-state index in [1.54, 1.807) is 0 Å². The molecule has 7 aromatic carbocycles. The van der Waals surface area contributed by atoms with Gasteiger partial charge in [-0.15, -0.1) is 0 Å². The van der Waals surface area contributed by atoms with Crippen LogP contribution < -0.4 is 0 Å². The molecule has 0 atom stereocenters. The molecule has 0 spiro atoms. The number of rotatable bonds is 5. The Morgan fingerprint density at radius 3 is 1.36 bits per heavy atom. The summed E-state index contributed by atoms with van der Waals surface area (Å²) in [4.78, 5) is 0. The Kier molecular flexibility index (Phi) is 6.67. The van der Waals surface area contributed by atoms with Crippen LogP contribution in [0.1, 0.15) is 18.4 Å². The molecule has 10 rings (SSSR count). The number of benzene rings is 7. The third-order valence-corrected chi connectivity index (χ3v) is 10.4. The van der Waals surface area contributed by atoms with E-state index in [9.17, 15) is 0 Å². The van der Waals surface area contributed by atoms with E-state index in [1.165, 1.54) is 82.7 Å². The molecule has 2 nitrogen and oxygen atoms in total. The smallest absolute Gasteiger partial charge is 0.0541 e. The van der Waals surface area contributed by atoms with E-state index in [4.69, 9.17) is 0 Å². The molecule has 236 valence electrons. The van der Waals surface area contributed by atoms with Crippen LogP contribution in [0.2, 0.25) is 0 Å². The highest BCUT2D eigenvalue weighted by Gasteiger charge is 2.16. The molecule has 2 heterocycles. The minimum Gasteiger partial charge on any atom is -0.309 e. The van der Waals surface area contributed by atoms with E-state index >= 15 is 0 Å². The van der Waals surface area contributed by atoms with Crippen LogP contribution in [0.25, 0.3) is 82.8 Å². The van der Waals surface area contributed by atoms with Gasteiger partial charge in [0.05, 0.1) is 22.1 Å². The van der Waals surface area contributed by atoms with Gasteiger partial charge in [-0.3, -0.25) is 0 Å². The largest absolute Gasteiger partial charge is 0.309 e. The lowest BCUT2D eigenvalue weighted by Gasteiger charge is -2.12. The summed E-state index contributed by atoms with van der Waals surface area (Å²) in [6.45, 7) is 0. The van der Waals surface area contributed by atoms with Crippen LogP contribution in [0.5, 0.6) is 0 Å². The first-order valence-corrected chi connectivity index (χ1v) is 17.5. The molecule has 2 heteroatoms. The second kappa shape index (κ2) is 11.6. The molecule has 0 fully saturated rings. The third kappa shape index (κ3) is 4.64. The van der Waals surface area contributed by atoms with Gasteiger partial charge in [0.25, 0.3) is 0 Å². The van der Waals surface area contributed by atoms with Crippen molar-refractivity contribution in [2.75, 3.05) is 0 Å². The lowest BCUT2D eigenvalue weighted by atomic mass is 9.97. The molecule has 1 aliphatic rings. The third-order valence-electron chi connectivity index (χ3n) is 10.4. The van der Waals surface area contributed by atoms with Crippen molar-refractivity contribution in [1.29, 1.82) is 0 Å². The normalized spacial score (nSPS) is 13.1. The lowest BCUT2D eigenvalue weighted by Crippen LogP contribution is -1.95. The summed E-state index contributed by atoms with van der Waals surface area (Å²) in [5.74, 6) is 0. The molecule has 0 bridgehead atoms. The predicted molar refractivity (Wildman–Crippen MR) is 212 cm³/mol. The van der Waals surface area contributed by atoms with Crippen LogP contribution in [-0.2, 0) is 0 Å². The van der Waals surface area contributed by atoms with Crippen molar-refractivity contribution < 1.29 is 0 Å². The number of aromatic nitrogens is 2. The quantitative estimate of drug-likeness (QED) is 0.178. The molecule has 0 N–H and O–H groups in total. The van der Waals surface area contributed by atoms with Gasteiger partial charge in [-0.2, -0.15) is 0 Å². The van der Waals surface area contributed by atoms with Crippen molar-refractivity contribution in [3.63, 3.8) is 0 Å². The number of allylic oxidation sites excluding steroid dienone is 4. The summed E-state index contributed by atoms with van der Waals surface area (Å²) >= 11 is 0. The van der Waals surface area contributed by atoms with Crippen LogP contribution in [0.15, 0.2) is 182 Å². The SMILES string of the molecule is C1=CCCC(c2ccc(-n3c4ccccc4c4cc(-c5ccc6c(c5)c5ccccc5n6-c5ccc(-c6ccccc6)cc5)ccc43)cc2)=C1. The zero-order valence-corrected chi connectivity index (χ0v) is 27.6. The number of fused-ring (bicyclic) bond motifs is 6. The highest BCUT2D eigenvalue weighted by Crippen LogP contribution is 2.38. The number of hydrogen-bond acceptors (Lipinski definition) is 0. The van der Waals surface area contributed by atoms with Gasteiger partial charge < -0.3 is 9.13 Å². The average molecular weight is 639 g/mol. The molecular formula is C48H34N2. The molecule has 50 heavy (non-hydrogen) atoms. The lowest BCUT2D eigenvalue weighted by molar-refractivity contribution is 1.05. The van der Waals surface area contributed by atoms with E-state index in [0.29, 0.717) is 0 Å². The number of nitrogens with zero attached hydrogens (tertiary/aromatic N) is 2. The fourth-order valence-electron chi connectivity index (χ4n) is 7.96. The molecule has 1 aliphatic carbocycles. The van der Waals surface area contributed by atoms with Crippen LogP contribution in [-0.4, -0.2) is 9.13 Å². The summed E-state index contributed by atoms with van der Waals surface area (Å²) in [5.41, 5.74) is 14.8. The highest BCUT2D eigenvalue weighted by atomic mass is 15.0. The van der Waals surface area contributed by atoms with Crippen molar-refractivity contribution in [2.24, 2.45) is 0 Å². The highest BCUT2D eigenvalue weighted by molar-refractivity contribution is 6.12. The predicted octanol–water partition coefficient (Wildman–Crippen LogP) is 12.9. The van der Waals surface area contributed by atoms with Crippen molar-refractivity contribution in [3.8, 4) is 33.6 Å². The minimum absolute atomic E-state index is 1.10. The Bertz CT molecular complexity index is 2770. The monoisotopic (exact) mass is 638 g/mol. The molecule has 0 saturated heterocycles. The molecule has 2 aromatic heterocycles. The van der Waals surface area contributed by atoms with Crippen LogP contribution in [0, 0.1) is 0 Å². The zero-order chi connectivity index (χ0) is 33.0. The van der Waals surface area contributed by atoms with Crippen LogP contribution >= 0.6 is 0 Å². The minimum atomic E-state index is 1.10. The van der Waals surface area contributed by atoms with Gasteiger partial charge in [0.1, 0.15) is 0 Å². The van der Waals surface area contributed by atoms with Crippen molar-refractivity contribution in [2.45, 2.75) is 12.8 Å². The summed E-state index contributed by atoms with van der Waals surface area (Å²) in [5, 5.41) is 5.06. The van der Waals surface area contributed by atoms with Crippen LogP contribution in [0.3, 0.4) is 0 Å². The second-order valence-corrected chi connectivity index (χ2v) is 13.3. The average Bonchev–Trinajstić information content (AvgIpc) is 3.71. The van der Waals surface area contributed by atoms with E-state index < -0.39 is 0 Å². The molecule has 0 unspecified atom stereocenters. The van der Waals surface area contributed by atoms with Gasteiger partial charge in [-0.05, 0) is 107 Å². The van der Waals surface area contributed by atoms with E-state index in [0.717, 1.165) is 18.5 Å². The van der Waals surface area contributed by atoms with Gasteiger partial charge in [0, 0.05) is 32.9 Å². The van der Waals surface area contributed by atoms with Crippen molar-refractivity contribution >= 4 is 49.2 Å². The first-order chi connectivity index (χ1) is 24.8. The van der Waals surface area contributed by atoms with Crippen molar-refractivity contribution in [3.05, 3.63) is 188 Å². The van der Waals surface area contributed by atoms with E-state index in [1.807, 2.05) is 0 Å². The Balaban J connectivity index is 1.08. The van der Waals surface area contributed by atoms with Gasteiger partial charge >= 0.3 is 0 Å². The Hall–Kier alpha value is -6.38. The summed E-state index contributed by atoms with van der Waals surface area (Å²) in [6.07, 6.45) is 8.88. The molecule has 0 amide bonds. The molecular weight excluding hydrogens is 605 g/mol. The first kappa shape index (κ1) is 28.6. The molecule has 0 radical (unpaired) electrons. The van der Waals surface area contributed by atoms with Gasteiger partial charge in [0.15, 0.2) is 0 Å². The Morgan fingerprint density at radius 1 is 0.360 bits per heavy atom. The molecule has 0 saturated carbocycles. The maximum atomic E-state index is 2.41. The van der Waals surface area contributed by atoms with Gasteiger partial charge in [-0.25, -0.2) is 0 Å². The topological polar surface area (TPSA) is 9.86 Å². The molecule has 9 aromatic rings. The fourth-order valence-corrected chi connectivity index (χ4v) is 7.96. The Morgan fingerprint density at radius 2 is 0.820 bits per heavy atom. The van der Waals surface area contributed by atoms with Crippen LogP contribution in [0.4, 0.5) is 0 Å². The summed E-state index contributed by atoms with van der Waals surface area (Å²) in [6, 6.07) is 60.1. The zero-order valence-electron chi connectivity index (χ0n) is 27.6. The fraction of sp³-hybridized carbons (Fsp3) is 0.0417. The van der Waals surface area contributed by atoms with Crippen molar-refractivity contribution in [1.82, 2.24) is 9.13 Å². The number of para-hydroxylation sites is 2. The standard InChI is InChI=1S/C48H34N2/c1-3-11-33(12-4-1)35-19-25-39(26-20-35)49-45-17-9-7-15-41(45)43-31-37(23-29-47(43)49)38-24-30-48-44(32-38)42-16-8-10-18-46(42)50(48)40-27-21-36(22-28-40)34-13-5-2-6-14-34/h1-5,7-13,15-32H,6,14H2. The summed E-state index contributed by atoms with van der Waals surface area (Å²) in [7, 11) is 0. The maximum Gasteiger partial charge on any atom is 0.0541 e.